The molecule has 0 bridgehead atoms. The smallest absolute Gasteiger partial charge is 0.244 e. The minimum Gasteiger partial charge on any atom is -0.324 e. The first-order valence-electron chi connectivity index (χ1n) is 7.88. The number of likely N-dealkylation sites (tertiary alicyclic amines) is 1. The molecule has 1 heterocycles. The van der Waals surface area contributed by atoms with Gasteiger partial charge in [0.05, 0.1) is 11.8 Å². The van der Waals surface area contributed by atoms with Crippen molar-refractivity contribution in [1.82, 2.24) is 4.90 Å². The third kappa shape index (κ3) is 3.17. The van der Waals surface area contributed by atoms with Crippen LogP contribution in [0.2, 0.25) is 0 Å². The van der Waals surface area contributed by atoms with E-state index in [1.807, 2.05) is 13.0 Å². The summed E-state index contributed by atoms with van der Waals surface area (Å²) >= 11 is 3.41. The molecule has 3 amide bonds. The zero-order valence-corrected chi connectivity index (χ0v) is 14.6. The lowest BCUT2D eigenvalue weighted by Gasteiger charge is -2.19. The summed E-state index contributed by atoms with van der Waals surface area (Å²) in [5, 5.41) is 2.74. The number of amides is 3. The molecule has 1 N–H and O–H groups in total. The van der Waals surface area contributed by atoms with Gasteiger partial charge in [0.2, 0.25) is 17.7 Å². The first-order chi connectivity index (χ1) is 11.0. The average Bonchev–Trinajstić information content (AvgIpc) is 2.76. The number of benzene rings is 1. The number of nitrogens with zero attached hydrogens (tertiary/aromatic N) is 1. The zero-order valence-electron chi connectivity index (χ0n) is 13.0. The number of carbonyl (C=O) groups is 3. The monoisotopic (exact) mass is 378 g/mol. The highest BCUT2D eigenvalue weighted by Gasteiger charge is 2.48. The van der Waals surface area contributed by atoms with E-state index in [0.717, 1.165) is 40.6 Å². The summed E-state index contributed by atoms with van der Waals surface area (Å²) in [5.41, 5.74) is 1.71. The Kier molecular flexibility index (Phi) is 4.53. The van der Waals surface area contributed by atoms with Crippen LogP contribution >= 0.6 is 15.9 Å². The van der Waals surface area contributed by atoms with Gasteiger partial charge in [-0.2, -0.15) is 0 Å². The molecule has 2 unspecified atom stereocenters. The second-order valence-corrected chi connectivity index (χ2v) is 7.13. The van der Waals surface area contributed by atoms with E-state index >= 15 is 0 Å². The van der Waals surface area contributed by atoms with Crippen molar-refractivity contribution in [3.8, 4) is 0 Å². The SMILES string of the molecule is Cc1ccc(NC(=O)CN2C(=O)C3CCCCC3C2=O)cc1Br. The minimum atomic E-state index is -0.346. The molecule has 0 radical (unpaired) electrons. The number of imide groups is 1. The van der Waals surface area contributed by atoms with Crippen molar-refractivity contribution in [3.63, 3.8) is 0 Å². The van der Waals surface area contributed by atoms with Crippen molar-refractivity contribution in [2.75, 3.05) is 11.9 Å². The summed E-state index contributed by atoms with van der Waals surface area (Å²) in [4.78, 5) is 38.0. The maximum atomic E-state index is 12.4. The van der Waals surface area contributed by atoms with Gasteiger partial charge >= 0.3 is 0 Å². The quantitative estimate of drug-likeness (QED) is 0.822. The summed E-state index contributed by atoms with van der Waals surface area (Å²) in [6, 6.07) is 5.49. The Bertz CT molecular complexity index is 650. The van der Waals surface area contributed by atoms with Crippen LogP contribution in [-0.4, -0.2) is 29.2 Å². The molecule has 23 heavy (non-hydrogen) atoms. The van der Waals surface area contributed by atoms with Crippen molar-refractivity contribution in [3.05, 3.63) is 28.2 Å². The summed E-state index contributed by atoms with van der Waals surface area (Å²) in [7, 11) is 0. The third-order valence-electron chi connectivity index (χ3n) is 4.69. The van der Waals surface area contributed by atoms with Gasteiger partial charge < -0.3 is 5.32 Å². The summed E-state index contributed by atoms with van der Waals surface area (Å²) in [6.45, 7) is 1.76. The van der Waals surface area contributed by atoms with Gasteiger partial charge in [-0.05, 0) is 37.5 Å². The molecule has 6 heteroatoms. The van der Waals surface area contributed by atoms with Gasteiger partial charge in [0.1, 0.15) is 6.54 Å². The largest absolute Gasteiger partial charge is 0.324 e. The first kappa shape index (κ1) is 16.2. The maximum Gasteiger partial charge on any atom is 0.244 e. The zero-order chi connectivity index (χ0) is 16.6. The van der Waals surface area contributed by atoms with Crippen LogP contribution < -0.4 is 5.32 Å². The fourth-order valence-corrected chi connectivity index (χ4v) is 3.78. The molecule has 5 nitrogen and oxygen atoms in total. The van der Waals surface area contributed by atoms with Crippen LogP contribution in [0.5, 0.6) is 0 Å². The van der Waals surface area contributed by atoms with E-state index in [4.69, 9.17) is 0 Å². The normalized spacial score (nSPS) is 23.8. The second-order valence-electron chi connectivity index (χ2n) is 6.27. The van der Waals surface area contributed by atoms with Crippen LogP contribution in [0.4, 0.5) is 5.69 Å². The lowest BCUT2D eigenvalue weighted by Crippen LogP contribution is -2.38. The highest BCUT2D eigenvalue weighted by atomic mass is 79.9. The molecule has 122 valence electrons. The highest BCUT2D eigenvalue weighted by Crippen LogP contribution is 2.37. The van der Waals surface area contributed by atoms with Gasteiger partial charge in [0.15, 0.2) is 0 Å². The Balaban J connectivity index is 1.66. The lowest BCUT2D eigenvalue weighted by molar-refractivity contribution is -0.142. The topological polar surface area (TPSA) is 66.5 Å². The average molecular weight is 379 g/mol. The number of hydrogen-bond acceptors (Lipinski definition) is 3. The predicted molar refractivity (Wildman–Crippen MR) is 89.7 cm³/mol. The van der Waals surface area contributed by atoms with Crippen LogP contribution in [0.25, 0.3) is 0 Å². The molecular weight excluding hydrogens is 360 g/mol. The number of anilines is 1. The van der Waals surface area contributed by atoms with Crippen molar-refractivity contribution < 1.29 is 14.4 Å². The standard InChI is InChI=1S/C17H19BrN2O3/c1-10-6-7-11(8-14(10)18)19-15(21)9-20-16(22)12-4-2-3-5-13(12)17(20)23/h6-8,12-13H,2-5,9H2,1H3,(H,19,21). The van der Waals surface area contributed by atoms with E-state index in [-0.39, 0.29) is 36.1 Å². The van der Waals surface area contributed by atoms with E-state index in [0.29, 0.717) is 5.69 Å². The van der Waals surface area contributed by atoms with Crippen LogP contribution in [-0.2, 0) is 14.4 Å². The highest BCUT2D eigenvalue weighted by molar-refractivity contribution is 9.10. The van der Waals surface area contributed by atoms with Crippen LogP contribution in [0.1, 0.15) is 31.2 Å². The molecule has 2 fully saturated rings. The molecule has 1 aliphatic carbocycles. The van der Waals surface area contributed by atoms with Crippen molar-refractivity contribution in [1.29, 1.82) is 0 Å². The van der Waals surface area contributed by atoms with E-state index in [2.05, 4.69) is 21.2 Å². The number of fused-ring (bicyclic) bond motifs is 1. The molecule has 1 aromatic rings. The number of rotatable bonds is 3. The van der Waals surface area contributed by atoms with Gasteiger partial charge in [-0.25, -0.2) is 0 Å². The molecule has 1 saturated carbocycles. The van der Waals surface area contributed by atoms with Gasteiger partial charge in [0.25, 0.3) is 0 Å². The Morgan fingerprint density at radius 1 is 1.22 bits per heavy atom. The molecular formula is C17H19BrN2O3. The van der Waals surface area contributed by atoms with Gasteiger partial charge in [0, 0.05) is 10.2 Å². The Hall–Kier alpha value is -1.69. The van der Waals surface area contributed by atoms with Crippen LogP contribution in [0.15, 0.2) is 22.7 Å². The van der Waals surface area contributed by atoms with E-state index in [9.17, 15) is 14.4 Å². The molecule has 1 aromatic carbocycles. The number of aryl methyl sites for hydroxylation is 1. The molecule has 1 saturated heterocycles. The fourth-order valence-electron chi connectivity index (χ4n) is 3.40. The number of carbonyl (C=O) groups excluding carboxylic acids is 3. The molecule has 0 spiro atoms. The van der Waals surface area contributed by atoms with E-state index < -0.39 is 0 Å². The van der Waals surface area contributed by atoms with Crippen LogP contribution in [0, 0.1) is 18.8 Å². The van der Waals surface area contributed by atoms with Crippen molar-refractivity contribution >= 4 is 39.3 Å². The number of hydrogen-bond donors (Lipinski definition) is 1. The number of nitrogens with one attached hydrogen (secondary N) is 1. The summed E-state index contributed by atoms with van der Waals surface area (Å²) in [5.74, 6) is -1.13. The van der Waals surface area contributed by atoms with Gasteiger partial charge in [-0.3, -0.25) is 19.3 Å². The molecule has 2 atom stereocenters. The Morgan fingerprint density at radius 2 is 1.83 bits per heavy atom. The first-order valence-corrected chi connectivity index (χ1v) is 8.68. The maximum absolute atomic E-state index is 12.4. The van der Waals surface area contributed by atoms with E-state index in [1.54, 1.807) is 12.1 Å². The third-order valence-corrected chi connectivity index (χ3v) is 5.54. The Labute approximate surface area is 143 Å². The second kappa shape index (κ2) is 6.43. The Morgan fingerprint density at radius 3 is 2.39 bits per heavy atom. The fraction of sp³-hybridized carbons (Fsp3) is 0.471. The van der Waals surface area contributed by atoms with Crippen LogP contribution in [0.3, 0.4) is 0 Å². The molecule has 1 aliphatic heterocycles. The number of halogens is 1. The summed E-state index contributed by atoms with van der Waals surface area (Å²) < 4.78 is 0.898. The van der Waals surface area contributed by atoms with Crippen molar-refractivity contribution in [2.45, 2.75) is 32.6 Å². The lowest BCUT2D eigenvalue weighted by atomic mass is 9.81. The van der Waals surface area contributed by atoms with E-state index in [1.165, 1.54) is 0 Å². The molecule has 0 aromatic heterocycles. The van der Waals surface area contributed by atoms with Crippen molar-refractivity contribution in [2.24, 2.45) is 11.8 Å². The minimum absolute atomic E-state index is 0.181. The molecule has 2 aliphatic rings. The van der Waals surface area contributed by atoms with Gasteiger partial charge in [-0.15, -0.1) is 0 Å². The van der Waals surface area contributed by atoms with Gasteiger partial charge in [-0.1, -0.05) is 34.8 Å². The molecule has 3 rings (SSSR count). The summed E-state index contributed by atoms with van der Waals surface area (Å²) in [6.07, 6.45) is 3.49. The predicted octanol–water partition coefficient (Wildman–Crippen LogP) is 2.87.